The number of hydrogen-bond donors (Lipinski definition) is 2. The topological polar surface area (TPSA) is 71.2 Å². The van der Waals surface area contributed by atoms with Crippen LogP contribution in [0.5, 0.6) is 0 Å². The summed E-state index contributed by atoms with van der Waals surface area (Å²) in [4.78, 5) is 18.4. The molecule has 0 atom stereocenters. The van der Waals surface area contributed by atoms with Gasteiger partial charge in [0, 0.05) is 25.3 Å². The summed E-state index contributed by atoms with van der Waals surface area (Å²) >= 11 is 0. The highest BCUT2D eigenvalue weighted by molar-refractivity contribution is 5.94. The Balaban J connectivity index is 1.78. The molecule has 1 fully saturated rings. The Bertz CT molecular complexity index is 469. The lowest BCUT2D eigenvalue weighted by molar-refractivity contribution is 0.0947. The van der Waals surface area contributed by atoms with Gasteiger partial charge in [-0.3, -0.25) is 9.78 Å². The molecule has 1 aliphatic rings. The highest BCUT2D eigenvalue weighted by Crippen LogP contribution is 2.21. The minimum Gasteiger partial charge on any atom is -0.397 e. The molecule has 0 saturated heterocycles. The van der Waals surface area contributed by atoms with Crippen molar-refractivity contribution in [1.82, 2.24) is 15.2 Å². The average Bonchev–Trinajstić information content (AvgIpc) is 2.95. The molecule has 1 aliphatic carbocycles. The summed E-state index contributed by atoms with van der Waals surface area (Å²) in [5.74, 6) is -0.107. The van der Waals surface area contributed by atoms with Crippen LogP contribution in [-0.2, 0) is 0 Å². The van der Waals surface area contributed by atoms with E-state index in [0.29, 0.717) is 23.8 Å². The summed E-state index contributed by atoms with van der Waals surface area (Å²) in [6, 6.07) is 2.36. The molecule has 5 nitrogen and oxygen atoms in total. The van der Waals surface area contributed by atoms with Crippen LogP contribution in [0.3, 0.4) is 0 Å². The van der Waals surface area contributed by atoms with Crippen LogP contribution >= 0.6 is 0 Å². The number of nitrogens with zero attached hydrogens (tertiary/aromatic N) is 2. The third kappa shape index (κ3) is 3.70. The lowest BCUT2D eigenvalue weighted by Crippen LogP contribution is -2.37. The van der Waals surface area contributed by atoms with Gasteiger partial charge in [0.15, 0.2) is 0 Å². The van der Waals surface area contributed by atoms with Crippen LogP contribution in [0.25, 0.3) is 0 Å². The summed E-state index contributed by atoms with van der Waals surface area (Å²) < 4.78 is 0. The fourth-order valence-electron chi connectivity index (χ4n) is 2.65. The van der Waals surface area contributed by atoms with Crippen molar-refractivity contribution < 1.29 is 4.79 Å². The Kier molecular flexibility index (Phi) is 4.95. The largest absolute Gasteiger partial charge is 0.397 e. The molecule has 2 rings (SSSR count). The Hall–Kier alpha value is -1.62. The third-order valence-corrected chi connectivity index (χ3v) is 4.09. The number of anilines is 1. The number of amides is 1. The number of rotatable bonds is 5. The first kappa shape index (κ1) is 14.8. The van der Waals surface area contributed by atoms with E-state index in [0.717, 1.165) is 12.2 Å². The van der Waals surface area contributed by atoms with Gasteiger partial charge in [0.1, 0.15) is 0 Å². The highest BCUT2D eigenvalue weighted by Gasteiger charge is 2.19. The number of nitrogen functional groups attached to an aromatic ring is 1. The first-order chi connectivity index (χ1) is 9.58. The van der Waals surface area contributed by atoms with Crippen molar-refractivity contribution >= 4 is 11.6 Å². The van der Waals surface area contributed by atoms with Gasteiger partial charge in [-0.05, 0) is 32.9 Å². The van der Waals surface area contributed by atoms with E-state index in [1.54, 1.807) is 12.3 Å². The second-order valence-electron chi connectivity index (χ2n) is 5.57. The van der Waals surface area contributed by atoms with Gasteiger partial charge in [-0.1, -0.05) is 12.8 Å². The Morgan fingerprint density at radius 1 is 1.50 bits per heavy atom. The molecular weight excluding hydrogens is 252 g/mol. The van der Waals surface area contributed by atoms with E-state index in [9.17, 15) is 4.79 Å². The average molecular weight is 276 g/mol. The van der Waals surface area contributed by atoms with Crippen molar-refractivity contribution in [2.24, 2.45) is 0 Å². The Morgan fingerprint density at radius 2 is 2.20 bits per heavy atom. The maximum atomic E-state index is 12.0. The van der Waals surface area contributed by atoms with E-state index in [2.05, 4.69) is 22.2 Å². The number of nitrogens with one attached hydrogen (secondary N) is 1. The first-order valence-electron chi connectivity index (χ1n) is 7.28. The zero-order valence-electron chi connectivity index (χ0n) is 12.4. The number of aromatic nitrogens is 1. The number of likely N-dealkylation sites (N-methyl/N-ethyl adjacent to an activating group) is 1. The van der Waals surface area contributed by atoms with Gasteiger partial charge in [-0.2, -0.15) is 0 Å². The Labute approximate surface area is 120 Å². The van der Waals surface area contributed by atoms with Crippen LogP contribution in [0.4, 0.5) is 5.69 Å². The summed E-state index contributed by atoms with van der Waals surface area (Å²) in [5.41, 5.74) is 7.60. The lowest BCUT2D eigenvalue weighted by atomic mass is 10.2. The van der Waals surface area contributed by atoms with Gasteiger partial charge >= 0.3 is 0 Å². The number of carbonyl (C=O) groups is 1. The minimum absolute atomic E-state index is 0.107. The zero-order chi connectivity index (χ0) is 14.5. The molecule has 1 heterocycles. The van der Waals surface area contributed by atoms with Crippen LogP contribution in [0, 0.1) is 6.92 Å². The van der Waals surface area contributed by atoms with E-state index in [1.807, 2.05) is 6.92 Å². The molecule has 3 N–H and O–H groups in total. The summed E-state index contributed by atoms with van der Waals surface area (Å²) in [6.45, 7) is 3.36. The standard InChI is InChI=1S/C15H24N4O/c1-11-14(16)9-12(10-18-11)15(20)17-7-8-19(2)13-5-3-4-6-13/h9-10,13H,3-8,16H2,1-2H3,(H,17,20). The van der Waals surface area contributed by atoms with Gasteiger partial charge in [-0.15, -0.1) is 0 Å². The predicted molar refractivity (Wildman–Crippen MR) is 80.6 cm³/mol. The second-order valence-corrected chi connectivity index (χ2v) is 5.57. The fourth-order valence-corrected chi connectivity index (χ4v) is 2.65. The summed E-state index contributed by atoms with van der Waals surface area (Å²) in [7, 11) is 2.13. The van der Waals surface area contributed by atoms with Gasteiger partial charge in [0.2, 0.25) is 0 Å². The number of aryl methyl sites for hydroxylation is 1. The van der Waals surface area contributed by atoms with Crippen LogP contribution in [0.15, 0.2) is 12.3 Å². The SMILES string of the molecule is Cc1ncc(C(=O)NCCN(C)C2CCCC2)cc1N. The molecule has 1 amide bonds. The van der Waals surface area contributed by atoms with E-state index in [-0.39, 0.29) is 5.91 Å². The predicted octanol–water partition coefficient (Wildman–Crippen LogP) is 1.58. The monoisotopic (exact) mass is 276 g/mol. The summed E-state index contributed by atoms with van der Waals surface area (Å²) in [6.07, 6.45) is 6.79. The van der Waals surface area contributed by atoms with E-state index in [4.69, 9.17) is 5.73 Å². The van der Waals surface area contributed by atoms with Crippen molar-refractivity contribution in [2.45, 2.75) is 38.6 Å². The smallest absolute Gasteiger partial charge is 0.252 e. The quantitative estimate of drug-likeness (QED) is 0.856. The molecule has 1 aromatic heterocycles. The van der Waals surface area contributed by atoms with Crippen molar-refractivity contribution in [2.75, 3.05) is 25.9 Å². The van der Waals surface area contributed by atoms with Crippen LogP contribution in [0.1, 0.15) is 41.7 Å². The number of pyridine rings is 1. The van der Waals surface area contributed by atoms with Gasteiger partial charge in [0.05, 0.1) is 16.9 Å². The molecule has 0 aliphatic heterocycles. The van der Waals surface area contributed by atoms with Crippen LogP contribution in [-0.4, -0.2) is 42.0 Å². The molecule has 1 aromatic rings. The molecule has 20 heavy (non-hydrogen) atoms. The summed E-state index contributed by atoms with van der Waals surface area (Å²) in [5, 5.41) is 2.92. The maximum absolute atomic E-state index is 12.0. The highest BCUT2D eigenvalue weighted by atomic mass is 16.1. The molecule has 110 valence electrons. The van der Waals surface area contributed by atoms with Crippen LogP contribution < -0.4 is 11.1 Å². The molecule has 0 bridgehead atoms. The second kappa shape index (κ2) is 6.70. The first-order valence-corrected chi connectivity index (χ1v) is 7.28. The van der Waals surface area contributed by atoms with Crippen molar-refractivity contribution in [3.05, 3.63) is 23.5 Å². The molecular formula is C15H24N4O. The maximum Gasteiger partial charge on any atom is 0.252 e. The Morgan fingerprint density at radius 3 is 2.85 bits per heavy atom. The van der Waals surface area contributed by atoms with E-state index >= 15 is 0 Å². The van der Waals surface area contributed by atoms with Gasteiger partial charge in [0.25, 0.3) is 5.91 Å². The van der Waals surface area contributed by atoms with Crippen LogP contribution in [0.2, 0.25) is 0 Å². The molecule has 0 unspecified atom stereocenters. The van der Waals surface area contributed by atoms with Gasteiger partial charge in [-0.25, -0.2) is 0 Å². The molecule has 0 spiro atoms. The molecule has 0 radical (unpaired) electrons. The van der Waals surface area contributed by atoms with E-state index in [1.165, 1.54) is 25.7 Å². The molecule has 1 saturated carbocycles. The van der Waals surface area contributed by atoms with Crippen molar-refractivity contribution in [3.8, 4) is 0 Å². The van der Waals surface area contributed by atoms with Crippen molar-refractivity contribution in [1.29, 1.82) is 0 Å². The van der Waals surface area contributed by atoms with Crippen molar-refractivity contribution in [3.63, 3.8) is 0 Å². The zero-order valence-corrected chi connectivity index (χ0v) is 12.4. The lowest BCUT2D eigenvalue weighted by Gasteiger charge is -2.23. The third-order valence-electron chi connectivity index (χ3n) is 4.09. The normalized spacial score (nSPS) is 15.8. The van der Waals surface area contributed by atoms with E-state index < -0.39 is 0 Å². The minimum atomic E-state index is -0.107. The fraction of sp³-hybridized carbons (Fsp3) is 0.600. The van der Waals surface area contributed by atoms with Gasteiger partial charge < -0.3 is 16.0 Å². The number of carbonyl (C=O) groups excluding carboxylic acids is 1. The number of nitrogens with two attached hydrogens (primary N) is 1. The molecule has 5 heteroatoms. The molecule has 0 aromatic carbocycles. The number of hydrogen-bond acceptors (Lipinski definition) is 4.